The Balaban J connectivity index is 2.25. The number of hydrogen-bond donors (Lipinski definition) is 1. The van der Waals surface area contributed by atoms with E-state index in [1.165, 1.54) is 10.4 Å². The Labute approximate surface area is 91.3 Å². The Morgan fingerprint density at radius 2 is 2.14 bits per heavy atom. The van der Waals surface area contributed by atoms with Crippen molar-refractivity contribution in [1.82, 2.24) is 4.31 Å². The van der Waals surface area contributed by atoms with Crippen LogP contribution >= 0.6 is 22.9 Å². The van der Waals surface area contributed by atoms with Crippen molar-refractivity contribution in [2.45, 2.75) is 10.3 Å². The van der Waals surface area contributed by atoms with E-state index in [9.17, 15) is 8.42 Å². The van der Waals surface area contributed by atoms with Crippen LogP contribution in [0.25, 0.3) is 0 Å². The van der Waals surface area contributed by atoms with Crippen molar-refractivity contribution < 1.29 is 8.42 Å². The third-order valence-corrected chi connectivity index (χ3v) is 5.55. The number of sulfonamides is 1. The van der Waals surface area contributed by atoms with Gasteiger partial charge in [0.2, 0.25) is 0 Å². The van der Waals surface area contributed by atoms with Crippen molar-refractivity contribution >= 4 is 33.0 Å². The first-order chi connectivity index (χ1) is 6.50. The van der Waals surface area contributed by atoms with Crippen LogP contribution in [0.3, 0.4) is 0 Å². The topological polar surface area (TPSA) is 63.4 Å². The molecule has 0 amide bonds. The molecule has 0 bridgehead atoms. The zero-order valence-electron chi connectivity index (χ0n) is 7.18. The molecule has 0 atom stereocenters. The molecule has 0 aliphatic carbocycles. The minimum absolute atomic E-state index is 0.0276. The van der Waals surface area contributed by atoms with Gasteiger partial charge in [-0.2, -0.15) is 4.31 Å². The van der Waals surface area contributed by atoms with Gasteiger partial charge >= 0.3 is 0 Å². The molecule has 2 rings (SSSR count). The third kappa shape index (κ3) is 1.68. The van der Waals surface area contributed by atoms with Crippen LogP contribution in [0.1, 0.15) is 0 Å². The van der Waals surface area contributed by atoms with Crippen molar-refractivity contribution in [1.29, 1.82) is 0 Å². The Morgan fingerprint density at radius 3 is 2.57 bits per heavy atom. The van der Waals surface area contributed by atoms with Crippen molar-refractivity contribution in [3.8, 4) is 0 Å². The molecule has 0 aromatic carbocycles. The summed E-state index contributed by atoms with van der Waals surface area (Å²) < 4.78 is 25.7. The van der Waals surface area contributed by atoms with E-state index in [-0.39, 0.29) is 10.3 Å². The minimum Gasteiger partial charge on any atom is -0.325 e. The summed E-state index contributed by atoms with van der Waals surface area (Å²) >= 11 is 6.74. The number of nitrogens with zero attached hydrogens (tertiary/aromatic N) is 1. The fourth-order valence-electron chi connectivity index (χ4n) is 1.23. The molecule has 14 heavy (non-hydrogen) atoms. The molecular weight excluding hydrogens is 244 g/mol. The largest absolute Gasteiger partial charge is 0.325 e. The number of hydrogen-bond acceptors (Lipinski definition) is 4. The highest BCUT2D eigenvalue weighted by Crippen LogP contribution is 2.29. The predicted molar refractivity (Wildman–Crippen MR) is 56.1 cm³/mol. The Hall–Kier alpha value is -0.140. The molecule has 1 aliphatic heterocycles. The predicted octanol–water partition coefficient (Wildman–Crippen LogP) is 0.733. The lowest BCUT2D eigenvalue weighted by molar-refractivity contribution is 0.266. The van der Waals surface area contributed by atoms with E-state index in [0.29, 0.717) is 17.4 Å². The van der Waals surface area contributed by atoms with Gasteiger partial charge in [0.15, 0.2) is 0 Å². The van der Waals surface area contributed by atoms with E-state index in [0.717, 1.165) is 11.3 Å². The molecule has 2 N–H and O–H groups in total. The lowest BCUT2D eigenvalue weighted by atomic mass is 10.2. The fraction of sp³-hybridized carbons (Fsp3) is 0.429. The number of thiophene rings is 1. The standard InChI is InChI=1S/C7H9ClN2O2S2/c8-6-1-2-7(13-6)14(11,12)10-3-5(9)4-10/h1-2,5H,3-4,9H2. The minimum atomic E-state index is -3.33. The first kappa shape index (κ1) is 10.4. The highest BCUT2D eigenvalue weighted by Gasteiger charge is 2.35. The molecule has 2 heterocycles. The third-order valence-electron chi connectivity index (χ3n) is 2.02. The smallest absolute Gasteiger partial charge is 0.252 e. The van der Waals surface area contributed by atoms with Gasteiger partial charge < -0.3 is 5.73 Å². The normalized spacial score (nSPS) is 19.6. The van der Waals surface area contributed by atoms with Gasteiger partial charge in [0, 0.05) is 19.1 Å². The lowest BCUT2D eigenvalue weighted by Crippen LogP contribution is -2.57. The summed E-state index contributed by atoms with van der Waals surface area (Å²) in [5.41, 5.74) is 5.52. The SMILES string of the molecule is NC1CN(S(=O)(=O)c2ccc(Cl)s2)C1. The van der Waals surface area contributed by atoms with Crippen molar-refractivity contribution in [3.05, 3.63) is 16.5 Å². The Bertz CT molecular complexity index is 436. The maximum absolute atomic E-state index is 11.8. The van der Waals surface area contributed by atoms with E-state index in [2.05, 4.69) is 0 Å². The van der Waals surface area contributed by atoms with E-state index in [1.54, 1.807) is 6.07 Å². The van der Waals surface area contributed by atoms with Gasteiger partial charge in [0.1, 0.15) is 4.21 Å². The zero-order valence-corrected chi connectivity index (χ0v) is 9.57. The van der Waals surface area contributed by atoms with Gasteiger partial charge in [-0.1, -0.05) is 11.6 Å². The summed E-state index contributed by atoms with van der Waals surface area (Å²) in [6.07, 6.45) is 0. The molecule has 0 saturated carbocycles. The van der Waals surface area contributed by atoms with Gasteiger partial charge in [-0.05, 0) is 12.1 Å². The summed E-state index contributed by atoms with van der Waals surface area (Å²) in [6.45, 7) is 0.801. The second kappa shape index (κ2) is 3.46. The quantitative estimate of drug-likeness (QED) is 0.844. The lowest BCUT2D eigenvalue weighted by Gasteiger charge is -2.34. The highest BCUT2D eigenvalue weighted by molar-refractivity contribution is 7.91. The average molecular weight is 253 g/mol. The molecule has 7 heteroatoms. The van der Waals surface area contributed by atoms with Crippen molar-refractivity contribution in [2.24, 2.45) is 5.73 Å². The molecule has 4 nitrogen and oxygen atoms in total. The van der Waals surface area contributed by atoms with Crippen LogP contribution in [0.2, 0.25) is 4.34 Å². The second-order valence-electron chi connectivity index (χ2n) is 3.14. The Kier molecular flexibility index (Phi) is 2.57. The maximum atomic E-state index is 11.8. The van der Waals surface area contributed by atoms with Crippen LogP contribution in [0.5, 0.6) is 0 Å². The van der Waals surface area contributed by atoms with Gasteiger partial charge in [-0.15, -0.1) is 11.3 Å². The summed E-state index contributed by atoms with van der Waals surface area (Å²) in [4.78, 5) is 0. The van der Waals surface area contributed by atoms with Crippen molar-refractivity contribution in [3.63, 3.8) is 0 Å². The van der Waals surface area contributed by atoms with Gasteiger partial charge in [0.25, 0.3) is 10.0 Å². The first-order valence-electron chi connectivity index (χ1n) is 4.01. The summed E-state index contributed by atoms with van der Waals surface area (Å²) in [7, 11) is -3.33. The van der Waals surface area contributed by atoms with Crippen LogP contribution < -0.4 is 5.73 Å². The maximum Gasteiger partial charge on any atom is 0.252 e. The molecule has 1 saturated heterocycles. The van der Waals surface area contributed by atoms with Crippen LogP contribution in [0, 0.1) is 0 Å². The molecule has 78 valence electrons. The Morgan fingerprint density at radius 1 is 1.50 bits per heavy atom. The van der Waals surface area contributed by atoms with Crippen molar-refractivity contribution in [2.75, 3.05) is 13.1 Å². The monoisotopic (exact) mass is 252 g/mol. The number of nitrogens with two attached hydrogens (primary N) is 1. The van der Waals surface area contributed by atoms with E-state index in [4.69, 9.17) is 17.3 Å². The summed E-state index contributed by atoms with van der Waals surface area (Å²) in [6, 6.07) is 3.07. The molecule has 0 unspecified atom stereocenters. The first-order valence-corrected chi connectivity index (χ1v) is 6.64. The van der Waals surface area contributed by atoms with Gasteiger partial charge in [-0.3, -0.25) is 0 Å². The molecular formula is C7H9ClN2O2S2. The second-order valence-corrected chi connectivity index (χ2v) is 7.02. The van der Waals surface area contributed by atoms with Gasteiger partial charge in [-0.25, -0.2) is 8.42 Å². The zero-order chi connectivity index (χ0) is 10.3. The van der Waals surface area contributed by atoms with Crippen LogP contribution in [-0.2, 0) is 10.0 Å². The summed E-state index contributed by atoms with van der Waals surface area (Å²) in [5, 5.41) is 0. The summed E-state index contributed by atoms with van der Waals surface area (Å²) in [5.74, 6) is 0. The molecule has 1 aromatic heterocycles. The fourth-order valence-corrected chi connectivity index (χ4v) is 4.42. The van der Waals surface area contributed by atoms with Crippen LogP contribution in [0.4, 0.5) is 0 Å². The van der Waals surface area contributed by atoms with Gasteiger partial charge in [0.05, 0.1) is 4.34 Å². The van der Waals surface area contributed by atoms with E-state index < -0.39 is 10.0 Å². The molecule has 0 radical (unpaired) electrons. The van der Waals surface area contributed by atoms with E-state index in [1.807, 2.05) is 0 Å². The number of halogens is 1. The van der Waals surface area contributed by atoms with Crippen LogP contribution in [-0.4, -0.2) is 31.9 Å². The molecule has 1 fully saturated rings. The molecule has 1 aliphatic rings. The number of rotatable bonds is 2. The van der Waals surface area contributed by atoms with Crippen LogP contribution in [0.15, 0.2) is 16.3 Å². The molecule has 1 aromatic rings. The highest BCUT2D eigenvalue weighted by atomic mass is 35.5. The molecule has 0 spiro atoms. The van der Waals surface area contributed by atoms with E-state index >= 15 is 0 Å². The average Bonchev–Trinajstić information content (AvgIpc) is 2.46.